The number of ether oxygens (including phenoxy) is 2. The molecule has 2 rings (SSSR count). The summed E-state index contributed by atoms with van der Waals surface area (Å²) in [5, 5.41) is 0. The van der Waals surface area contributed by atoms with Crippen molar-refractivity contribution in [1.29, 1.82) is 0 Å². The lowest BCUT2D eigenvalue weighted by molar-refractivity contribution is -0.151. The molecular formula is C15H21NO3. The number of methoxy groups -OCH3 is 1. The summed E-state index contributed by atoms with van der Waals surface area (Å²) >= 11 is 0. The van der Waals surface area contributed by atoms with E-state index in [0.717, 1.165) is 18.4 Å². The predicted molar refractivity (Wildman–Crippen MR) is 72.5 cm³/mol. The second-order valence-corrected chi connectivity index (χ2v) is 5.05. The molecule has 1 saturated carbocycles. The minimum absolute atomic E-state index is 0.161. The zero-order valence-electron chi connectivity index (χ0n) is 11.3. The SMILES string of the molecule is COC(=O)C(N)(COC1CCCC1)c1ccccc1. The molecule has 104 valence electrons. The van der Waals surface area contributed by atoms with Gasteiger partial charge in [-0.05, 0) is 18.4 Å². The first-order valence-electron chi connectivity index (χ1n) is 6.71. The van der Waals surface area contributed by atoms with E-state index in [4.69, 9.17) is 15.2 Å². The van der Waals surface area contributed by atoms with Gasteiger partial charge in [-0.1, -0.05) is 43.2 Å². The average molecular weight is 263 g/mol. The first kappa shape index (κ1) is 14.0. The highest BCUT2D eigenvalue weighted by atomic mass is 16.5. The van der Waals surface area contributed by atoms with Crippen LogP contribution >= 0.6 is 0 Å². The largest absolute Gasteiger partial charge is 0.467 e. The zero-order valence-corrected chi connectivity index (χ0v) is 11.3. The molecule has 0 saturated heterocycles. The van der Waals surface area contributed by atoms with Crippen molar-refractivity contribution in [2.75, 3.05) is 13.7 Å². The molecule has 4 heteroatoms. The minimum Gasteiger partial charge on any atom is -0.467 e. The highest BCUT2D eigenvalue weighted by molar-refractivity contribution is 5.82. The molecule has 0 spiro atoms. The van der Waals surface area contributed by atoms with Gasteiger partial charge in [0.25, 0.3) is 0 Å². The second-order valence-electron chi connectivity index (χ2n) is 5.05. The van der Waals surface area contributed by atoms with Crippen LogP contribution in [0.4, 0.5) is 0 Å². The van der Waals surface area contributed by atoms with Crippen LogP contribution < -0.4 is 5.73 Å². The maximum atomic E-state index is 12.0. The lowest BCUT2D eigenvalue weighted by atomic mass is 9.92. The Labute approximate surface area is 113 Å². The lowest BCUT2D eigenvalue weighted by Gasteiger charge is -2.28. The van der Waals surface area contributed by atoms with Crippen LogP contribution in [0.1, 0.15) is 31.2 Å². The van der Waals surface area contributed by atoms with Crippen molar-refractivity contribution in [2.24, 2.45) is 5.73 Å². The van der Waals surface area contributed by atoms with Gasteiger partial charge in [-0.15, -0.1) is 0 Å². The van der Waals surface area contributed by atoms with Crippen LogP contribution in [0, 0.1) is 0 Å². The summed E-state index contributed by atoms with van der Waals surface area (Å²) in [4.78, 5) is 12.0. The maximum Gasteiger partial charge on any atom is 0.332 e. The van der Waals surface area contributed by atoms with Crippen molar-refractivity contribution in [3.05, 3.63) is 35.9 Å². The summed E-state index contributed by atoms with van der Waals surface area (Å²) < 4.78 is 10.7. The van der Waals surface area contributed by atoms with Crippen molar-refractivity contribution in [3.63, 3.8) is 0 Å². The quantitative estimate of drug-likeness (QED) is 0.825. The molecule has 1 fully saturated rings. The fourth-order valence-electron chi connectivity index (χ4n) is 2.48. The van der Waals surface area contributed by atoms with E-state index in [9.17, 15) is 4.79 Å². The molecule has 1 unspecified atom stereocenters. The summed E-state index contributed by atoms with van der Waals surface area (Å²) in [7, 11) is 1.35. The Balaban J connectivity index is 2.12. The van der Waals surface area contributed by atoms with E-state index in [1.165, 1.54) is 20.0 Å². The highest BCUT2D eigenvalue weighted by Gasteiger charge is 2.38. The van der Waals surface area contributed by atoms with Crippen molar-refractivity contribution in [1.82, 2.24) is 0 Å². The molecule has 1 aliphatic carbocycles. The normalized spacial score (nSPS) is 19.1. The summed E-state index contributed by atoms with van der Waals surface area (Å²) in [6, 6.07) is 9.26. The van der Waals surface area contributed by atoms with E-state index in [-0.39, 0.29) is 12.7 Å². The molecule has 1 aromatic rings. The van der Waals surface area contributed by atoms with E-state index in [2.05, 4.69) is 0 Å². The lowest BCUT2D eigenvalue weighted by Crippen LogP contribution is -2.50. The Morgan fingerprint density at radius 2 is 1.95 bits per heavy atom. The molecule has 0 radical (unpaired) electrons. The third kappa shape index (κ3) is 3.14. The Morgan fingerprint density at radius 1 is 1.32 bits per heavy atom. The molecule has 0 bridgehead atoms. The average Bonchev–Trinajstić information content (AvgIpc) is 2.98. The molecule has 0 aliphatic heterocycles. The number of hydrogen-bond acceptors (Lipinski definition) is 4. The summed E-state index contributed by atoms with van der Waals surface area (Å²) in [5.41, 5.74) is 5.75. The van der Waals surface area contributed by atoms with Crippen LogP contribution in [0.15, 0.2) is 30.3 Å². The van der Waals surface area contributed by atoms with E-state index in [1.807, 2.05) is 30.3 Å². The molecule has 0 heterocycles. The molecule has 19 heavy (non-hydrogen) atoms. The smallest absolute Gasteiger partial charge is 0.332 e. The first-order chi connectivity index (χ1) is 9.16. The van der Waals surface area contributed by atoms with Gasteiger partial charge >= 0.3 is 5.97 Å². The van der Waals surface area contributed by atoms with Crippen LogP contribution in [0.25, 0.3) is 0 Å². The Bertz CT molecular complexity index is 415. The minimum atomic E-state index is -1.22. The Hall–Kier alpha value is -1.39. The summed E-state index contributed by atoms with van der Waals surface area (Å²) in [6.07, 6.45) is 4.69. The van der Waals surface area contributed by atoms with Crippen molar-refractivity contribution in [2.45, 2.75) is 37.3 Å². The van der Waals surface area contributed by atoms with E-state index in [0.29, 0.717) is 0 Å². The van der Waals surface area contributed by atoms with Gasteiger partial charge in [0.05, 0.1) is 19.8 Å². The first-order valence-corrected chi connectivity index (χ1v) is 6.71. The molecule has 1 aromatic carbocycles. The van der Waals surface area contributed by atoms with Crippen molar-refractivity contribution < 1.29 is 14.3 Å². The summed E-state index contributed by atoms with van der Waals surface area (Å²) in [6.45, 7) is 0.161. The van der Waals surface area contributed by atoms with Crippen LogP contribution in [0.3, 0.4) is 0 Å². The third-order valence-corrected chi connectivity index (χ3v) is 3.69. The number of hydrogen-bond donors (Lipinski definition) is 1. The van der Waals surface area contributed by atoms with Gasteiger partial charge in [0.1, 0.15) is 0 Å². The standard InChI is InChI=1S/C15H21NO3/c1-18-14(17)15(16,12-7-3-2-4-8-12)11-19-13-9-5-6-10-13/h2-4,7-8,13H,5-6,9-11,16H2,1H3. The number of benzene rings is 1. The number of carbonyl (C=O) groups excluding carboxylic acids is 1. The van der Waals surface area contributed by atoms with Crippen LogP contribution in [-0.2, 0) is 19.8 Å². The van der Waals surface area contributed by atoms with Crippen molar-refractivity contribution in [3.8, 4) is 0 Å². The number of rotatable bonds is 5. The zero-order chi connectivity index (χ0) is 13.7. The Kier molecular flexibility index (Phi) is 4.56. The fraction of sp³-hybridized carbons (Fsp3) is 0.533. The summed E-state index contributed by atoms with van der Waals surface area (Å²) in [5.74, 6) is -0.461. The molecule has 4 nitrogen and oxygen atoms in total. The molecule has 0 aromatic heterocycles. The van der Waals surface area contributed by atoms with Gasteiger partial charge < -0.3 is 15.2 Å². The van der Waals surface area contributed by atoms with E-state index >= 15 is 0 Å². The van der Waals surface area contributed by atoms with E-state index in [1.54, 1.807) is 0 Å². The van der Waals surface area contributed by atoms with Crippen LogP contribution in [0.5, 0.6) is 0 Å². The highest BCUT2D eigenvalue weighted by Crippen LogP contribution is 2.25. The van der Waals surface area contributed by atoms with Crippen molar-refractivity contribution >= 4 is 5.97 Å². The van der Waals surface area contributed by atoms with Gasteiger partial charge in [-0.2, -0.15) is 0 Å². The van der Waals surface area contributed by atoms with Gasteiger partial charge in [0.15, 0.2) is 5.54 Å². The maximum absolute atomic E-state index is 12.0. The second kappa shape index (κ2) is 6.17. The number of esters is 1. The van der Waals surface area contributed by atoms with Crippen LogP contribution in [0.2, 0.25) is 0 Å². The topological polar surface area (TPSA) is 61.5 Å². The molecule has 2 N–H and O–H groups in total. The van der Waals surface area contributed by atoms with Gasteiger partial charge in [0, 0.05) is 0 Å². The van der Waals surface area contributed by atoms with Gasteiger partial charge in [-0.25, -0.2) is 4.79 Å². The molecule has 1 atom stereocenters. The Morgan fingerprint density at radius 3 is 2.53 bits per heavy atom. The van der Waals surface area contributed by atoms with Gasteiger partial charge in [-0.3, -0.25) is 0 Å². The number of nitrogens with two attached hydrogens (primary N) is 1. The third-order valence-electron chi connectivity index (χ3n) is 3.69. The number of carbonyl (C=O) groups is 1. The fourth-order valence-corrected chi connectivity index (χ4v) is 2.48. The molecule has 1 aliphatic rings. The monoisotopic (exact) mass is 263 g/mol. The molecular weight excluding hydrogens is 242 g/mol. The predicted octanol–water partition coefficient (Wildman–Crippen LogP) is 1.97. The molecule has 0 amide bonds. The van der Waals surface area contributed by atoms with E-state index < -0.39 is 11.5 Å². The van der Waals surface area contributed by atoms with Gasteiger partial charge in [0.2, 0.25) is 0 Å². The van der Waals surface area contributed by atoms with Crippen LogP contribution in [-0.4, -0.2) is 25.8 Å².